The van der Waals surface area contributed by atoms with Crippen LogP contribution in [0.25, 0.3) is 0 Å². The van der Waals surface area contributed by atoms with Crippen molar-refractivity contribution in [2.45, 2.75) is 0 Å². The smallest absolute Gasteiger partial charge is 0.217 e. The van der Waals surface area contributed by atoms with E-state index in [2.05, 4.69) is 15.1 Å². The minimum Gasteiger partial charge on any atom is -0.492 e. The van der Waals surface area contributed by atoms with Crippen LogP contribution in [0.5, 0.6) is 5.75 Å². The first-order valence-electron chi connectivity index (χ1n) is 8.87. The minimum absolute atomic E-state index is 0.0285. The molecule has 1 aliphatic rings. The molecule has 1 aromatic heterocycles. The molecule has 8 nitrogen and oxygen atoms in total. The van der Waals surface area contributed by atoms with Gasteiger partial charge in [-0.1, -0.05) is 18.2 Å². The molecule has 0 unspecified atom stereocenters. The molecule has 9 heteroatoms. The van der Waals surface area contributed by atoms with Gasteiger partial charge in [-0.2, -0.15) is 4.31 Å². The van der Waals surface area contributed by atoms with Crippen LogP contribution in [-0.2, 0) is 10.0 Å². The van der Waals surface area contributed by atoms with Crippen molar-refractivity contribution in [3.05, 3.63) is 42.5 Å². The Labute approximate surface area is 160 Å². The Morgan fingerprint density at radius 3 is 2.30 bits per heavy atom. The molecule has 1 fully saturated rings. The molecule has 0 aliphatic carbocycles. The van der Waals surface area contributed by atoms with Gasteiger partial charge in [0.2, 0.25) is 10.0 Å². The van der Waals surface area contributed by atoms with Crippen molar-refractivity contribution in [1.29, 1.82) is 0 Å². The molecule has 0 bridgehead atoms. The molecule has 0 amide bonds. The molecule has 1 saturated heterocycles. The number of hydrogen-bond acceptors (Lipinski definition) is 7. The van der Waals surface area contributed by atoms with Gasteiger partial charge >= 0.3 is 0 Å². The van der Waals surface area contributed by atoms with Crippen LogP contribution in [0.15, 0.2) is 42.5 Å². The van der Waals surface area contributed by atoms with E-state index in [1.165, 1.54) is 4.31 Å². The predicted molar refractivity (Wildman–Crippen MR) is 106 cm³/mol. The van der Waals surface area contributed by atoms with Gasteiger partial charge in [-0.3, -0.25) is 0 Å². The zero-order valence-corrected chi connectivity index (χ0v) is 16.5. The molecule has 1 aromatic carbocycles. The van der Waals surface area contributed by atoms with Crippen molar-refractivity contribution in [2.75, 3.05) is 62.4 Å². The zero-order chi connectivity index (χ0) is 19.3. The lowest BCUT2D eigenvalue weighted by atomic mass is 10.3. The van der Waals surface area contributed by atoms with Crippen LogP contribution in [0.1, 0.15) is 0 Å². The SMILES string of the molecule is CN(C)c1ccc(N2CCN(S(=O)(=O)CCOc3ccccc3)CC2)nn1. The number of benzene rings is 1. The highest BCUT2D eigenvalue weighted by molar-refractivity contribution is 7.89. The van der Waals surface area contributed by atoms with Crippen molar-refractivity contribution in [3.63, 3.8) is 0 Å². The fourth-order valence-corrected chi connectivity index (χ4v) is 4.10. The first kappa shape index (κ1) is 19.4. The van der Waals surface area contributed by atoms with Crippen LogP contribution in [0.4, 0.5) is 11.6 Å². The van der Waals surface area contributed by atoms with E-state index in [-0.39, 0.29) is 12.4 Å². The molecule has 27 heavy (non-hydrogen) atoms. The zero-order valence-electron chi connectivity index (χ0n) is 15.7. The van der Waals surface area contributed by atoms with E-state index in [1.54, 1.807) is 0 Å². The van der Waals surface area contributed by atoms with E-state index in [0.29, 0.717) is 31.9 Å². The van der Waals surface area contributed by atoms with E-state index in [1.807, 2.05) is 61.5 Å². The van der Waals surface area contributed by atoms with Gasteiger partial charge in [-0.05, 0) is 24.3 Å². The number of anilines is 2. The third kappa shape index (κ3) is 5.08. The topological polar surface area (TPSA) is 78.9 Å². The quantitative estimate of drug-likeness (QED) is 0.699. The Morgan fingerprint density at radius 2 is 1.70 bits per heavy atom. The number of ether oxygens (including phenoxy) is 1. The summed E-state index contributed by atoms with van der Waals surface area (Å²) in [5.41, 5.74) is 0. The van der Waals surface area contributed by atoms with Crippen molar-refractivity contribution in [1.82, 2.24) is 14.5 Å². The molecule has 1 aliphatic heterocycles. The lowest BCUT2D eigenvalue weighted by Crippen LogP contribution is -2.50. The summed E-state index contributed by atoms with van der Waals surface area (Å²) in [5, 5.41) is 8.42. The van der Waals surface area contributed by atoms with Crippen LogP contribution in [0, 0.1) is 0 Å². The average molecular weight is 391 g/mol. The number of para-hydroxylation sites is 1. The summed E-state index contributed by atoms with van der Waals surface area (Å²) in [7, 11) is 0.485. The summed E-state index contributed by atoms with van der Waals surface area (Å²) in [6, 6.07) is 13.1. The second-order valence-corrected chi connectivity index (χ2v) is 8.60. The molecule has 0 N–H and O–H groups in total. The summed E-state index contributed by atoms with van der Waals surface area (Å²) >= 11 is 0. The van der Waals surface area contributed by atoms with Gasteiger partial charge in [-0.25, -0.2) is 8.42 Å². The fraction of sp³-hybridized carbons (Fsp3) is 0.444. The van der Waals surface area contributed by atoms with E-state index in [9.17, 15) is 8.42 Å². The van der Waals surface area contributed by atoms with Crippen LogP contribution in [0.3, 0.4) is 0 Å². The average Bonchev–Trinajstić information content (AvgIpc) is 2.69. The maximum Gasteiger partial charge on any atom is 0.217 e. The third-order valence-electron chi connectivity index (χ3n) is 4.40. The maximum absolute atomic E-state index is 12.5. The van der Waals surface area contributed by atoms with E-state index in [0.717, 1.165) is 11.6 Å². The van der Waals surface area contributed by atoms with Gasteiger partial charge in [0.25, 0.3) is 0 Å². The second-order valence-electron chi connectivity index (χ2n) is 6.51. The summed E-state index contributed by atoms with van der Waals surface area (Å²) in [5.74, 6) is 2.21. The lowest BCUT2D eigenvalue weighted by molar-refractivity contribution is 0.331. The number of aromatic nitrogens is 2. The Bertz CT molecular complexity index is 820. The number of sulfonamides is 1. The lowest BCUT2D eigenvalue weighted by Gasteiger charge is -2.34. The molecule has 3 rings (SSSR count). The highest BCUT2D eigenvalue weighted by atomic mass is 32.2. The molecule has 2 heterocycles. The molecule has 146 valence electrons. The van der Waals surface area contributed by atoms with Gasteiger partial charge in [-0.15, -0.1) is 10.2 Å². The summed E-state index contributed by atoms with van der Waals surface area (Å²) in [6.45, 7) is 2.20. The Hall–Kier alpha value is -2.39. The molecule has 0 saturated carbocycles. The third-order valence-corrected chi connectivity index (χ3v) is 6.24. The van der Waals surface area contributed by atoms with Gasteiger partial charge in [0.15, 0.2) is 11.6 Å². The summed E-state index contributed by atoms with van der Waals surface area (Å²) in [6.07, 6.45) is 0. The second kappa shape index (κ2) is 8.53. The van der Waals surface area contributed by atoms with Crippen LogP contribution in [-0.4, -0.2) is 75.6 Å². The van der Waals surface area contributed by atoms with Crippen LogP contribution in [0.2, 0.25) is 0 Å². The van der Waals surface area contributed by atoms with Crippen molar-refractivity contribution in [2.24, 2.45) is 0 Å². The van der Waals surface area contributed by atoms with Crippen molar-refractivity contribution >= 4 is 21.7 Å². The predicted octanol–water partition coefficient (Wildman–Crippen LogP) is 1.07. The highest BCUT2D eigenvalue weighted by Gasteiger charge is 2.27. The molecule has 0 spiro atoms. The van der Waals surface area contributed by atoms with E-state index >= 15 is 0 Å². The van der Waals surface area contributed by atoms with Crippen molar-refractivity contribution < 1.29 is 13.2 Å². The fourth-order valence-electron chi connectivity index (χ4n) is 2.83. The Balaban J connectivity index is 1.50. The Kier molecular flexibility index (Phi) is 6.12. The van der Waals surface area contributed by atoms with Crippen LogP contribution < -0.4 is 14.5 Å². The minimum atomic E-state index is -3.34. The van der Waals surface area contributed by atoms with Crippen molar-refractivity contribution in [3.8, 4) is 5.75 Å². The molecule has 2 aromatic rings. The van der Waals surface area contributed by atoms with E-state index < -0.39 is 10.0 Å². The summed E-state index contributed by atoms with van der Waals surface area (Å²) in [4.78, 5) is 3.94. The number of piperazine rings is 1. The van der Waals surface area contributed by atoms with Gasteiger partial charge < -0.3 is 14.5 Å². The number of hydrogen-bond donors (Lipinski definition) is 0. The molecule has 0 radical (unpaired) electrons. The van der Waals surface area contributed by atoms with E-state index in [4.69, 9.17) is 4.74 Å². The van der Waals surface area contributed by atoms with Crippen LogP contribution >= 0.6 is 0 Å². The Morgan fingerprint density at radius 1 is 1.00 bits per heavy atom. The first-order valence-corrected chi connectivity index (χ1v) is 10.5. The monoisotopic (exact) mass is 391 g/mol. The number of nitrogens with zero attached hydrogens (tertiary/aromatic N) is 5. The normalized spacial score (nSPS) is 15.6. The maximum atomic E-state index is 12.5. The highest BCUT2D eigenvalue weighted by Crippen LogP contribution is 2.17. The molecular weight excluding hydrogens is 366 g/mol. The summed E-state index contributed by atoms with van der Waals surface area (Å²) < 4.78 is 32.1. The largest absolute Gasteiger partial charge is 0.492 e. The van der Waals surface area contributed by atoms with Gasteiger partial charge in [0.05, 0.1) is 5.75 Å². The molecular formula is C18H25N5O3S. The first-order chi connectivity index (χ1) is 13.0. The van der Waals surface area contributed by atoms with Gasteiger partial charge in [0.1, 0.15) is 12.4 Å². The molecule has 0 atom stereocenters. The standard InChI is InChI=1S/C18H25N5O3S/c1-21(2)17-8-9-18(20-19-17)22-10-12-23(13-11-22)27(24,25)15-14-26-16-6-4-3-5-7-16/h3-9H,10-15H2,1-2H3. The number of rotatable bonds is 7. The van der Waals surface area contributed by atoms with Gasteiger partial charge in [0, 0.05) is 40.3 Å².